The molecule has 4 N–H and O–H groups in total. The minimum Gasteiger partial charge on any atom is -0.397 e. The lowest BCUT2D eigenvalue weighted by Gasteiger charge is -2.43. The van der Waals surface area contributed by atoms with Crippen LogP contribution in [0, 0.1) is 0 Å². The number of nitrogens with zero attached hydrogens (tertiary/aromatic N) is 5. The first-order valence-electron chi connectivity index (χ1n) is 16.9. The number of nitrogen functional groups attached to an aromatic ring is 1. The molecule has 3 aliphatic rings. The molecule has 0 unspecified atom stereocenters. The zero-order valence-electron chi connectivity index (χ0n) is 27.5. The fourth-order valence-electron chi connectivity index (χ4n) is 7.02. The summed E-state index contributed by atoms with van der Waals surface area (Å²) in [4.78, 5) is 46.8. The average molecular weight is 827 g/mol. The summed E-state index contributed by atoms with van der Waals surface area (Å²) in [6.45, 7) is 5.45. The number of carbonyl (C=O) groups is 2. The van der Waals surface area contributed by atoms with Crippen molar-refractivity contribution in [2.45, 2.75) is 56.8 Å². The number of aromatic amines is 1. The fourth-order valence-corrected chi connectivity index (χ4v) is 8.31. The summed E-state index contributed by atoms with van der Waals surface area (Å²) in [5, 5.41) is 7.76. The monoisotopic (exact) mass is 824 g/mol. The zero-order chi connectivity index (χ0) is 35.6. The third kappa shape index (κ3) is 8.40. The molecule has 0 spiro atoms. The van der Waals surface area contributed by atoms with E-state index in [1.807, 2.05) is 17.0 Å². The number of rotatable bonds is 7. The van der Waals surface area contributed by atoms with E-state index >= 15 is 0 Å². The molecule has 3 amide bonds. The van der Waals surface area contributed by atoms with E-state index in [9.17, 15) is 27.6 Å². The van der Waals surface area contributed by atoms with Gasteiger partial charge in [-0.2, -0.15) is 13.2 Å². The van der Waals surface area contributed by atoms with Gasteiger partial charge in [0.15, 0.2) is 0 Å². The molecule has 3 aromatic rings. The minimum atomic E-state index is -4.45. The van der Waals surface area contributed by atoms with Gasteiger partial charge in [0.2, 0.25) is 5.91 Å². The van der Waals surface area contributed by atoms with Crippen LogP contribution < -0.4 is 16.7 Å². The first-order valence-corrected chi connectivity index (χ1v) is 18.5. The Balaban J connectivity index is 1.10. The second-order valence-corrected chi connectivity index (χ2v) is 14.9. The van der Waals surface area contributed by atoms with Gasteiger partial charge in [-0.25, -0.2) is 19.6 Å². The number of nitrogens with two attached hydrogens (primary N) is 1. The standard InChI is InChI=1S/C34H41Br2F3N8O3/c35-26-18-22(19-27(36)30(26)40)20-28(31(48)43-14-16-46(17-15-43)45-10-2-1-3-11-45)41-32(49)44-12-8-25(9-13-44)47-21-29(42-33(47)50)23-4-6-24(7-5-23)34(37,38)39/h4-7,18-19,21,25,28H,1-3,8-17,20,40H2,(H,41,49)(H,42,50)/t28-/m0/s1. The molecule has 3 aliphatic heterocycles. The summed E-state index contributed by atoms with van der Waals surface area (Å²) in [5.41, 5.74) is 7.25. The van der Waals surface area contributed by atoms with Crippen LogP contribution in [0.4, 0.5) is 23.7 Å². The Kier molecular flexibility index (Phi) is 11.3. The Morgan fingerprint density at radius 2 is 1.48 bits per heavy atom. The van der Waals surface area contributed by atoms with Crippen LogP contribution in [0.15, 0.2) is 56.3 Å². The second kappa shape index (κ2) is 15.5. The third-order valence-corrected chi connectivity index (χ3v) is 11.2. The Hall–Kier alpha value is -3.34. The number of anilines is 1. The number of piperazine rings is 1. The number of hydrogen-bond donors (Lipinski definition) is 3. The number of piperidine rings is 2. The van der Waals surface area contributed by atoms with Crippen LogP contribution in [0.1, 0.15) is 49.3 Å². The summed E-state index contributed by atoms with van der Waals surface area (Å²) in [6, 6.07) is 7.00. The highest BCUT2D eigenvalue weighted by Crippen LogP contribution is 2.32. The number of nitrogens with one attached hydrogen (secondary N) is 2. The number of likely N-dealkylation sites (tertiary alicyclic amines) is 1. The zero-order valence-corrected chi connectivity index (χ0v) is 30.7. The van der Waals surface area contributed by atoms with Crippen LogP contribution in [0.25, 0.3) is 11.3 Å². The molecule has 11 nitrogen and oxygen atoms in total. The van der Waals surface area contributed by atoms with Crippen LogP contribution in [0.5, 0.6) is 0 Å². The predicted molar refractivity (Wildman–Crippen MR) is 191 cm³/mol. The van der Waals surface area contributed by atoms with Gasteiger partial charge in [-0.3, -0.25) is 9.36 Å². The molecule has 0 bridgehead atoms. The topological polar surface area (TPSA) is 123 Å². The molecule has 0 radical (unpaired) electrons. The largest absolute Gasteiger partial charge is 0.416 e. The number of benzene rings is 2. The van der Waals surface area contributed by atoms with Gasteiger partial charge in [-0.05, 0) is 92.9 Å². The number of imidazole rings is 1. The molecule has 16 heteroatoms. The van der Waals surface area contributed by atoms with Crippen molar-refractivity contribution in [2.24, 2.45) is 0 Å². The molecular weight excluding hydrogens is 785 g/mol. The summed E-state index contributed by atoms with van der Waals surface area (Å²) in [6.07, 6.45) is 2.05. The first-order chi connectivity index (χ1) is 23.9. The van der Waals surface area contributed by atoms with Crippen molar-refractivity contribution in [2.75, 3.05) is 58.1 Å². The number of hydrazine groups is 1. The maximum Gasteiger partial charge on any atom is 0.416 e. The van der Waals surface area contributed by atoms with Gasteiger partial charge in [0, 0.05) is 80.0 Å². The number of aromatic nitrogens is 2. The van der Waals surface area contributed by atoms with Gasteiger partial charge >= 0.3 is 17.9 Å². The molecule has 3 saturated heterocycles. The molecule has 0 aliphatic carbocycles. The van der Waals surface area contributed by atoms with E-state index in [4.69, 9.17) is 5.73 Å². The molecule has 1 aromatic heterocycles. The normalized spacial score (nSPS) is 19.1. The van der Waals surface area contributed by atoms with Gasteiger partial charge in [-0.15, -0.1) is 0 Å². The summed E-state index contributed by atoms with van der Waals surface area (Å²) < 4.78 is 41.9. The molecule has 6 rings (SSSR count). The predicted octanol–water partition coefficient (Wildman–Crippen LogP) is 5.47. The van der Waals surface area contributed by atoms with Crippen molar-refractivity contribution in [3.05, 3.63) is 73.2 Å². The van der Waals surface area contributed by atoms with Crippen molar-refractivity contribution < 1.29 is 22.8 Å². The molecule has 50 heavy (non-hydrogen) atoms. The SMILES string of the molecule is Nc1c(Br)cc(C[C@H](NC(=O)N2CCC(n3cc(-c4ccc(C(F)(F)F)cc4)[nH]c3=O)CC2)C(=O)N2CCN(N3CCCCC3)CC2)cc1Br. The lowest BCUT2D eigenvalue weighted by molar-refractivity contribution is -0.139. The maximum absolute atomic E-state index is 14.0. The van der Waals surface area contributed by atoms with E-state index < -0.39 is 17.8 Å². The highest BCUT2D eigenvalue weighted by Gasteiger charge is 2.34. The smallest absolute Gasteiger partial charge is 0.397 e. The number of H-pyrrole nitrogens is 1. The van der Waals surface area contributed by atoms with Gasteiger partial charge in [-0.1, -0.05) is 18.6 Å². The molecule has 0 saturated carbocycles. The van der Waals surface area contributed by atoms with Crippen molar-refractivity contribution in [3.8, 4) is 11.3 Å². The number of alkyl halides is 3. The summed E-state index contributed by atoms with van der Waals surface area (Å²) in [7, 11) is 0. The van der Waals surface area contributed by atoms with Crippen LogP contribution in [0.3, 0.4) is 0 Å². The second-order valence-electron chi connectivity index (χ2n) is 13.1. The first kappa shape index (κ1) is 36.5. The Morgan fingerprint density at radius 3 is 2.08 bits per heavy atom. The highest BCUT2D eigenvalue weighted by molar-refractivity contribution is 9.11. The number of urea groups is 1. The van der Waals surface area contributed by atoms with E-state index in [1.54, 1.807) is 15.7 Å². The van der Waals surface area contributed by atoms with Crippen molar-refractivity contribution >= 4 is 49.5 Å². The molecular formula is C34H41Br2F3N8O3. The molecule has 1 atom stereocenters. The number of hydrogen-bond acceptors (Lipinski definition) is 6. The van der Waals surface area contributed by atoms with E-state index in [0.29, 0.717) is 64.9 Å². The van der Waals surface area contributed by atoms with Gasteiger partial charge in [0.1, 0.15) is 6.04 Å². The van der Waals surface area contributed by atoms with Gasteiger partial charge in [0.25, 0.3) is 0 Å². The summed E-state index contributed by atoms with van der Waals surface area (Å²) in [5.74, 6) is -0.134. The minimum absolute atomic E-state index is 0.134. The number of halogens is 5. The Bertz CT molecular complexity index is 1700. The fraction of sp³-hybridized carbons (Fsp3) is 0.500. The molecule has 2 aromatic carbocycles. The van der Waals surface area contributed by atoms with Crippen LogP contribution in [-0.2, 0) is 17.4 Å². The molecule has 270 valence electrons. The van der Waals surface area contributed by atoms with Crippen LogP contribution in [0.2, 0.25) is 0 Å². The van der Waals surface area contributed by atoms with Crippen LogP contribution >= 0.6 is 31.9 Å². The molecule has 4 heterocycles. The lowest BCUT2D eigenvalue weighted by Crippen LogP contribution is -2.60. The van der Waals surface area contributed by atoms with E-state index in [1.165, 1.54) is 31.4 Å². The Labute approximate surface area is 305 Å². The van der Waals surface area contributed by atoms with Crippen molar-refractivity contribution in [3.63, 3.8) is 0 Å². The van der Waals surface area contributed by atoms with Crippen LogP contribution in [-0.4, -0.2) is 99.7 Å². The van der Waals surface area contributed by atoms with Crippen molar-refractivity contribution in [1.29, 1.82) is 0 Å². The average Bonchev–Trinajstić information content (AvgIpc) is 3.51. The molecule has 3 fully saturated rings. The van der Waals surface area contributed by atoms with Gasteiger partial charge in [0.05, 0.1) is 16.9 Å². The quantitative estimate of drug-likeness (QED) is 0.272. The maximum atomic E-state index is 14.0. The summed E-state index contributed by atoms with van der Waals surface area (Å²) >= 11 is 6.98. The lowest BCUT2D eigenvalue weighted by atomic mass is 10.0. The van der Waals surface area contributed by atoms with E-state index in [0.717, 1.165) is 43.9 Å². The van der Waals surface area contributed by atoms with E-state index in [2.05, 4.69) is 52.2 Å². The number of carbonyl (C=O) groups excluding carboxylic acids is 2. The van der Waals surface area contributed by atoms with E-state index in [-0.39, 0.29) is 30.1 Å². The Morgan fingerprint density at radius 1 is 0.880 bits per heavy atom. The van der Waals surface area contributed by atoms with Crippen molar-refractivity contribution in [1.82, 2.24) is 34.7 Å². The third-order valence-electron chi connectivity index (χ3n) is 9.89. The number of amides is 3. The highest BCUT2D eigenvalue weighted by atomic mass is 79.9. The van der Waals surface area contributed by atoms with Gasteiger partial charge < -0.3 is 25.8 Å².